The van der Waals surface area contributed by atoms with Crippen molar-refractivity contribution in [3.8, 4) is 0 Å². The highest BCUT2D eigenvalue weighted by Crippen LogP contribution is 2.29. The van der Waals surface area contributed by atoms with Crippen LogP contribution in [0.3, 0.4) is 0 Å². The fourth-order valence-electron chi connectivity index (χ4n) is 1.70. The van der Waals surface area contributed by atoms with Gasteiger partial charge in [-0.1, -0.05) is 20.8 Å². The van der Waals surface area contributed by atoms with Crippen LogP contribution in [-0.2, 0) is 5.54 Å². The van der Waals surface area contributed by atoms with Gasteiger partial charge in [-0.2, -0.15) is 0 Å². The van der Waals surface area contributed by atoms with Crippen molar-refractivity contribution >= 4 is 11.3 Å². The maximum atomic E-state index is 4.44. The summed E-state index contributed by atoms with van der Waals surface area (Å²) in [5.74, 6) is 0. The van der Waals surface area contributed by atoms with Crippen LogP contribution in [0.25, 0.3) is 0 Å². The molecule has 0 fully saturated rings. The van der Waals surface area contributed by atoms with Crippen LogP contribution in [0.5, 0.6) is 0 Å². The van der Waals surface area contributed by atoms with E-state index in [2.05, 4.69) is 36.5 Å². The molecule has 80 valence electrons. The topological polar surface area (TPSA) is 24.9 Å². The summed E-state index contributed by atoms with van der Waals surface area (Å²) in [6.07, 6.45) is 5.29. The second-order valence-electron chi connectivity index (χ2n) is 3.55. The largest absolute Gasteiger partial charge is 0.305 e. The maximum absolute atomic E-state index is 4.44. The Hall–Kier alpha value is -0.410. The molecule has 1 N–H and O–H groups in total. The van der Waals surface area contributed by atoms with Crippen LogP contribution in [0.4, 0.5) is 0 Å². The van der Waals surface area contributed by atoms with E-state index >= 15 is 0 Å². The smallest absolute Gasteiger partial charge is 0.113 e. The molecule has 0 aromatic carbocycles. The average Bonchev–Trinajstić information content (AvgIpc) is 2.74. The molecule has 0 atom stereocenters. The average molecular weight is 212 g/mol. The second-order valence-corrected chi connectivity index (χ2v) is 4.45. The van der Waals surface area contributed by atoms with Crippen LogP contribution in [0.2, 0.25) is 0 Å². The van der Waals surface area contributed by atoms with Crippen molar-refractivity contribution in [2.24, 2.45) is 0 Å². The summed E-state index contributed by atoms with van der Waals surface area (Å²) in [5.41, 5.74) is 0.115. The Morgan fingerprint density at radius 1 is 1.36 bits per heavy atom. The van der Waals surface area contributed by atoms with Crippen molar-refractivity contribution in [3.05, 3.63) is 16.6 Å². The summed E-state index contributed by atoms with van der Waals surface area (Å²) < 4.78 is 0. The normalized spacial score (nSPS) is 11.9. The van der Waals surface area contributed by atoms with E-state index in [-0.39, 0.29) is 5.54 Å². The molecule has 1 aromatic heterocycles. The lowest BCUT2D eigenvalue weighted by Gasteiger charge is -2.30. The van der Waals surface area contributed by atoms with Gasteiger partial charge in [0.05, 0.1) is 5.54 Å². The van der Waals surface area contributed by atoms with E-state index in [4.69, 9.17) is 0 Å². The Morgan fingerprint density at radius 2 is 2.07 bits per heavy atom. The first-order chi connectivity index (χ1) is 6.79. The van der Waals surface area contributed by atoms with Crippen LogP contribution >= 0.6 is 11.3 Å². The van der Waals surface area contributed by atoms with Crippen LogP contribution in [0.1, 0.15) is 45.0 Å². The number of rotatable bonds is 6. The highest BCUT2D eigenvalue weighted by molar-refractivity contribution is 7.09. The first-order valence-electron chi connectivity index (χ1n) is 5.44. The molecule has 0 saturated carbocycles. The van der Waals surface area contributed by atoms with Gasteiger partial charge in [0.25, 0.3) is 0 Å². The van der Waals surface area contributed by atoms with Gasteiger partial charge in [-0.3, -0.25) is 0 Å². The third-order valence-corrected chi connectivity index (χ3v) is 3.74. The van der Waals surface area contributed by atoms with Crippen molar-refractivity contribution in [1.29, 1.82) is 0 Å². The lowest BCUT2D eigenvalue weighted by molar-refractivity contribution is 0.308. The van der Waals surface area contributed by atoms with Crippen LogP contribution in [0.15, 0.2) is 11.6 Å². The highest BCUT2D eigenvalue weighted by Gasteiger charge is 2.29. The van der Waals surface area contributed by atoms with E-state index in [0.29, 0.717) is 0 Å². The predicted molar refractivity (Wildman–Crippen MR) is 62.7 cm³/mol. The summed E-state index contributed by atoms with van der Waals surface area (Å²) in [5, 5.41) is 6.92. The van der Waals surface area contributed by atoms with Crippen LogP contribution in [-0.4, -0.2) is 11.5 Å². The van der Waals surface area contributed by atoms with E-state index in [1.54, 1.807) is 11.3 Å². The van der Waals surface area contributed by atoms with Crippen molar-refractivity contribution in [3.63, 3.8) is 0 Å². The SMILES string of the molecule is CCCNC(CC)(CC)c1nccs1. The summed E-state index contributed by atoms with van der Waals surface area (Å²) in [6, 6.07) is 0. The van der Waals surface area contributed by atoms with Gasteiger partial charge < -0.3 is 5.32 Å². The Bertz CT molecular complexity index is 240. The Labute approximate surface area is 90.8 Å². The van der Waals surface area contributed by atoms with E-state index in [9.17, 15) is 0 Å². The Balaban J connectivity index is 2.80. The Kier molecular flexibility index (Phi) is 4.55. The van der Waals surface area contributed by atoms with Gasteiger partial charge in [-0.25, -0.2) is 4.98 Å². The molecule has 14 heavy (non-hydrogen) atoms. The summed E-state index contributed by atoms with van der Waals surface area (Å²) >= 11 is 1.76. The van der Waals surface area contributed by atoms with Gasteiger partial charge in [0.15, 0.2) is 0 Å². The summed E-state index contributed by atoms with van der Waals surface area (Å²) in [4.78, 5) is 4.44. The van der Waals surface area contributed by atoms with Crippen LogP contribution < -0.4 is 5.32 Å². The molecule has 0 aliphatic rings. The number of nitrogens with one attached hydrogen (secondary N) is 1. The fourth-order valence-corrected chi connectivity index (χ4v) is 2.66. The van der Waals surface area contributed by atoms with Crippen LogP contribution in [0, 0.1) is 0 Å². The first kappa shape index (κ1) is 11.7. The molecule has 0 spiro atoms. The van der Waals surface area contributed by atoms with Gasteiger partial charge >= 0.3 is 0 Å². The standard InChI is InChI=1S/C11H20N2S/c1-4-7-13-11(5-2,6-3)10-12-8-9-14-10/h8-9,13H,4-7H2,1-3H3. The molecule has 0 radical (unpaired) electrons. The minimum Gasteiger partial charge on any atom is -0.305 e. The van der Waals surface area contributed by atoms with E-state index in [1.807, 2.05) is 6.20 Å². The number of thiazole rings is 1. The van der Waals surface area contributed by atoms with Gasteiger partial charge in [0.1, 0.15) is 5.01 Å². The molecule has 0 bridgehead atoms. The van der Waals surface area contributed by atoms with Gasteiger partial charge in [-0.05, 0) is 25.8 Å². The van der Waals surface area contributed by atoms with Crippen molar-refractivity contribution in [2.45, 2.75) is 45.6 Å². The molecule has 0 aliphatic heterocycles. The van der Waals surface area contributed by atoms with E-state index < -0.39 is 0 Å². The second kappa shape index (κ2) is 5.47. The number of aromatic nitrogens is 1. The monoisotopic (exact) mass is 212 g/mol. The lowest BCUT2D eigenvalue weighted by atomic mass is 9.93. The minimum atomic E-state index is 0.115. The molecule has 0 amide bonds. The van der Waals surface area contributed by atoms with Gasteiger partial charge in [-0.15, -0.1) is 11.3 Å². The maximum Gasteiger partial charge on any atom is 0.113 e. The molecule has 1 aromatic rings. The quantitative estimate of drug-likeness (QED) is 0.783. The first-order valence-corrected chi connectivity index (χ1v) is 6.32. The van der Waals surface area contributed by atoms with Crippen molar-refractivity contribution in [2.75, 3.05) is 6.54 Å². The van der Waals surface area contributed by atoms with E-state index in [1.165, 1.54) is 11.4 Å². The molecular formula is C11H20N2S. The molecule has 1 rings (SSSR count). The fraction of sp³-hybridized carbons (Fsp3) is 0.727. The number of hydrogen-bond acceptors (Lipinski definition) is 3. The number of hydrogen-bond donors (Lipinski definition) is 1. The third kappa shape index (κ3) is 2.34. The summed E-state index contributed by atoms with van der Waals surface area (Å²) in [7, 11) is 0. The van der Waals surface area contributed by atoms with E-state index in [0.717, 1.165) is 19.4 Å². The minimum absolute atomic E-state index is 0.115. The zero-order valence-corrected chi connectivity index (χ0v) is 10.2. The molecule has 0 unspecified atom stereocenters. The van der Waals surface area contributed by atoms with Crippen molar-refractivity contribution in [1.82, 2.24) is 10.3 Å². The number of nitrogens with zero attached hydrogens (tertiary/aromatic N) is 1. The summed E-state index contributed by atoms with van der Waals surface area (Å²) in [6.45, 7) is 7.73. The van der Waals surface area contributed by atoms with Crippen molar-refractivity contribution < 1.29 is 0 Å². The third-order valence-electron chi connectivity index (χ3n) is 2.76. The lowest BCUT2D eigenvalue weighted by Crippen LogP contribution is -2.41. The highest BCUT2D eigenvalue weighted by atomic mass is 32.1. The predicted octanol–water partition coefficient (Wildman–Crippen LogP) is 3.16. The molecule has 3 heteroatoms. The molecule has 1 heterocycles. The molecule has 0 aliphatic carbocycles. The van der Waals surface area contributed by atoms with Gasteiger partial charge in [0, 0.05) is 11.6 Å². The van der Waals surface area contributed by atoms with Gasteiger partial charge in [0.2, 0.25) is 0 Å². The molecule has 2 nitrogen and oxygen atoms in total. The molecule has 0 saturated heterocycles. The Morgan fingerprint density at radius 3 is 2.50 bits per heavy atom. The zero-order chi connectivity index (χ0) is 10.4. The zero-order valence-electron chi connectivity index (χ0n) is 9.34. The molecular weight excluding hydrogens is 192 g/mol.